The molecule has 18 heavy (non-hydrogen) atoms. The second-order valence-electron chi connectivity index (χ2n) is 3.90. The Morgan fingerprint density at radius 1 is 1.28 bits per heavy atom. The number of nitrogens with one attached hydrogen (secondary N) is 1. The van der Waals surface area contributed by atoms with Crippen molar-refractivity contribution in [2.75, 3.05) is 5.32 Å². The van der Waals surface area contributed by atoms with Crippen molar-refractivity contribution in [3.05, 3.63) is 57.8 Å². The molecular formula is C14H10BrFN2. The standard InChI is InChI=1S/C14H10BrFN2/c1-9-5-13(16)12(15)7-14(9)18-11-4-2-3-10(6-11)8-17/h2-7,18H,1H3. The average Bonchev–Trinajstić information content (AvgIpc) is 2.36. The maximum Gasteiger partial charge on any atom is 0.137 e. The Morgan fingerprint density at radius 2 is 2.06 bits per heavy atom. The first-order chi connectivity index (χ1) is 8.60. The molecule has 0 bridgehead atoms. The van der Waals surface area contributed by atoms with Crippen molar-refractivity contribution in [3.8, 4) is 6.07 Å². The van der Waals surface area contributed by atoms with E-state index in [1.807, 2.05) is 13.0 Å². The minimum Gasteiger partial charge on any atom is -0.355 e. The van der Waals surface area contributed by atoms with E-state index in [1.165, 1.54) is 6.07 Å². The van der Waals surface area contributed by atoms with Crippen LogP contribution in [-0.4, -0.2) is 0 Å². The van der Waals surface area contributed by atoms with Crippen LogP contribution < -0.4 is 5.32 Å². The Kier molecular flexibility index (Phi) is 3.63. The number of aryl methyl sites for hydroxylation is 1. The van der Waals surface area contributed by atoms with Gasteiger partial charge in [0.2, 0.25) is 0 Å². The molecule has 0 saturated carbocycles. The summed E-state index contributed by atoms with van der Waals surface area (Å²) in [6, 6.07) is 12.4. The summed E-state index contributed by atoms with van der Waals surface area (Å²) in [6.07, 6.45) is 0. The molecule has 0 amide bonds. The lowest BCUT2D eigenvalue weighted by Gasteiger charge is -2.10. The van der Waals surface area contributed by atoms with E-state index in [-0.39, 0.29) is 5.82 Å². The molecule has 0 saturated heterocycles. The normalized spacial score (nSPS) is 9.89. The van der Waals surface area contributed by atoms with Crippen molar-refractivity contribution in [1.82, 2.24) is 0 Å². The maximum absolute atomic E-state index is 13.3. The molecule has 0 aromatic heterocycles. The molecule has 0 heterocycles. The molecule has 0 radical (unpaired) electrons. The summed E-state index contributed by atoms with van der Waals surface area (Å²) < 4.78 is 13.7. The third kappa shape index (κ3) is 2.69. The van der Waals surface area contributed by atoms with E-state index in [0.29, 0.717) is 10.0 Å². The third-order valence-electron chi connectivity index (χ3n) is 2.54. The van der Waals surface area contributed by atoms with Gasteiger partial charge in [-0.1, -0.05) is 6.07 Å². The van der Waals surface area contributed by atoms with Crippen LogP contribution in [0.1, 0.15) is 11.1 Å². The van der Waals surface area contributed by atoms with Gasteiger partial charge in [-0.25, -0.2) is 4.39 Å². The molecule has 0 aliphatic rings. The van der Waals surface area contributed by atoms with Gasteiger partial charge >= 0.3 is 0 Å². The molecule has 0 aliphatic carbocycles. The zero-order valence-electron chi connectivity index (χ0n) is 9.67. The zero-order chi connectivity index (χ0) is 13.1. The largest absolute Gasteiger partial charge is 0.355 e. The number of rotatable bonds is 2. The fourth-order valence-electron chi connectivity index (χ4n) is 1.60. The molecule has 0 fully saturated rings. The van der Waals surface area contributed by atoms with E-state index in [0.717, 1.165) is 16.9 Å². The van der Waals surface area contributed by atoms with Gasteiger partial charge in [-0.15, -0.1) is 0 Å². The van der Waals surface area contributed by atoms with Gasteiger partial charge < -0.3 is 5.32 Å². The Bertz CT molecular complexity index is 632. The molecular weight excluding hydrogens is 295 g/mol. The number of nitrogens with zero attached hydrogens (tertiary/aromatic N) is 1. The second-order valence-corrected chi connectivity index (χ2v) is 4.75. The number of nitriles is 1. The summed E-state index contributed by atoms with van der Waals surface area (Å²) in [6.45, 7) is 1.83. The van der Waals surface area contributed by atoms with Crippen LogP contribution in [0, 0.1) is 24.1 Å². The molecule has 0 atom stereocenters. The van der Waals surface area contributed by atoms with E-state index < -0.39 is 0 Å². The number of anilines is 2. The smallest absolute Gasteiger partial charge is 0.137 e. The van der Waals surface area contributed by atoms with E-state index in [4.69, 9.17) is 5.26 Å². The first-order valence-electron chi connectivity index (χ1n) is 5.33. The molecule has 1 N–H and O–H groups in total. The van der Waals surface area contributed by atoms with Gasteiger partial charge in [-0.05, 0) is 58.7 Å². The summed E-state index contributed by atoms with van der Waals surface area (Å²) in [5.74, 6) is -0.288. The average molecular weight is 305 g/mol. The second kappa shape index (κ2) is 5.19. The van der Waals surface area contributed by atoms with Crippen molar-refractivity contribution in [2.45, 2.75) is 6.92 Å². The van der Waals surface area contributed by atoms with Crippen LogP contribution >= 0.6 is 15.9 Å². The molecule has 4 heteroatoms. The fraction of sp³-hybridized carbons (Fsp3) is 0.0714. The van der Waals surface area contributed by atoms with Crippen LogP contribution in [0.25, 0.3) is 0 Å². The Balaban J connectivity index is 2.34. The molecule has 90 valence electrons. The van der Waals surface area contributed by atoms with Crippen LogP contribution in [0.2, 0.25) is 0 Å². The molecule has 2 aromatic rings. The highest BCUT2D eigenvalue weighted by Gasteiger charge is 2.05. The summed E-state index contributed by atoms with van der Waals surface area (Å²) in [4.78, 5) is 0. The van der Waals surface area contributed by atoms with Gasteiger partial charge in [0.25, 0.3) is 0 Å². The highest BCUT2D eigenvalue weighted by Crippen LogP contribution is 2.27. The van der Waals surface area contributed by atoms with Gasteiger partial charge in [-0.2, -0.15) is 5.26 Å². The quantitative estimate of drug-likeness (QED) is 0.886. The topological polar surface area (TPSA) is 35.8 Å². The lowest BCUT2D eigenvalue weighted by Crippen LogP contribution is -1.95. The highest BCUT2D eigenvalue weighted by atomic mass is 79.9. The van der Waals surface area contributed by atoms with Crippen molar-refractivity contribution >= 4 is 27.3 Å². The number of halogens is 2. The molecule has 2 aromatic carbocycles. The first-order valence-corrected chi connectivity index (χ1v) is 6.12. The lowest BCUT2D eigenvalue weighted by molar-refractivity contribution is 0.620. The van der Waals surface area contributed by atoms with Crippen molar-refractivity contribution < 1.29 is 4.39 Å². The summed E-state index contributed by atoms with van der Waals surface area (Å²) >= 11 is 3.15. The molecule has 0 unspecified atom stereocenters. The third-order valence-corrected chi connectivity index (χ3v) is 3.15. The van der Waals surface area contributed by atoms with Crippen molar-refractivity contribution in [1.29, 1.82) is 5.26 Å². The molecule has 2 rings (SSSR count). The van der Waals surface area contributed by atoms with E-state index in [2.05, 4.69) is 27.3 Å². The Hall–Kier alpha value is -1.86. The summed E-state index contributed by atoms with van der Waals surface area (Å²) in [5.41, 5.74) is 2.99. The van der Waals surface area contributed by atoms with Gasteiger partial charge in [0.1, 0.15) is 5.82 Å². The summed E-state index contributed by atoms with van der Waals surface area (Å²) in [5, 5.41) is 12.0. The van der Waals surface area contributed by atoms with Gasteiger partial charge in [-0.3, -0.25) is 0 Å². The van der Waals surface area contributed by atoms with E-state index in [1.54, 1.807) is 24.3 Å². The van der Waals surface area contributed by atoms with E-state index in [9.17, 15) is 4.39 Å². The van der Waals surface area contributed by atoms with Crippen LogP contribution in [0.15, 0.2) is 40.9 Å². The highest BCUT2D eigenvalue weighted by molar-refractivity contribution is 9.10. The number of benzene rings is 2. The fourth-order valence-corrected chi connectivity index (χ4v) is 1.95. The Morgan fingerprint density at radius 3 is 2.78 bits per heavy atom. The van der Waals surface area contributed by atoms with Crippen LogP contribution in [-0.2, 0) is 0 Å². The van der Waals surface area contributed by atoms with Crippen LogP contribution in [0.3, 0.4) is 0 Å². The number of hydrogen-bond donors (Lipinski definition) is 1. The lowest BCUT2D eigenvalue weighted by atomic mass is 10.1. The van der Waals surface area contributed by atoms with Crippen molar-refractivity contribution in [2.24, 2.45) is 0 Å². The van der Waals surface area contributed by atoms with E-state index >= 15 is 0 Å². The monoisotopic (exact) mass is 304 g/mol. The van der Waals surface area contributed by atoms with Gasteiger partial charge in [0, 0.05) is 11.4 Å². The number of hydrogen-bond acceptors (Lipinski definition) is 2. The first kappa shape index (κ1) is 12.6. The van der Waals surface area contributed by atoms with Crippen LogP contribution in [0.4, 0.5) is 15.8 Å². The SMILES string of the molecule is Cc1cc(F)c(Br)cc1Nc1cccc(C#N)c1. The van der Waals surface area contributed by atoms with Crippen LogP contribution in [0.5, 0.6) is 0 Å². The predicted molar refractivity (Wildman–Crippen MR) is 73.3 cm³/mol. The zero-order valence-corrected chi connectivity index (χ0v) is 11.3. The molecule has 2 nitrogen and oxygen atoms in total. The minimum atomic E-state index is -0.288. The van der Waals surface area contributed by atoms with Gasteiger partial charge in [0.15, 0.2) is 0 Å². The maximum atomic E-state index is 13.3. The minimum absolute atomic E-state index is 0.288. The molecule has 0 spiro atoms. The Labute approximate surface area is 113 Å². The predicted octanol–water partition coefficient (Wildman–Crippen LogP) is 4.51. The molecule has 0 aliphatic heterocycles. The summed E-state index contributed by atoms with van der Waals surface area (Å²) in [7, 11) is 0. The van der Waals surface area contributed by atoms with Gasteiger partial charge in [0.05, 0.1) is 16.1 Å². The van der Waals surface area contributed by atoms with Crippen molar-refractivity contribution in [3.63, 3.8) is 0 Å².